The Kier molecular flexibility index (Phi) is 4.31. The molecule has 0 heterocycles. The second kappa shape index (κ2) is 5.33. The Hall–Kier alpha value is -1.33. The molecule has 1 atom stereocenters. The first-order valence-corrected chi connectivity index (χ1v) is 6.07. The third-order valence-electron chi connectivity index (χ3n) is 3.15. The van der Waals surface area contributed by atoms with Gasteiger partial charge in [-0.1, -0.05) is 37.6 Å². The van der Waals surface area contributed by atoms with Gasteiger partial charge in [0.15, 0.2) is 0 Å². The van der Waals surface area contributed by atoms with E-state index in [2.05, 4.69) is 57.3 Å². The number of nitrogens with one attached hydrogen (secondary N) is 1. The molecule has 0 aromatic heterocycles. The van der Waals surface area contributed by atoms with Crippen molar-refractivity contribution >= 4 is 0 Å². The summed E-state index contributed by atoms with van der Waals surface area (Å²) in [6.07, 6.45) is 0. The van der Waals surface area contributed by atoms with Crippen molar-refractivity contribution in [2.45, 2.75) is 46.1 Å². The molecule has 1 N–H and O–H groups in total. The van der Waals surface area contributed by atoms with Crippen LogP contribution in [0.5, 0.6) is 0 Å². The SMILES string of the molecule is Cc1ccc(C(C)(C)CNC(C)C#N)c(C)c1. The summed E-state index contributed by atoms with van der Waals surface area (Å²) in [6, 6.07) is 8.67. The van der Waals surface area contributed by atoms with E-state index in [4.69, 9.17) is 5.26 Å². The van der Waals surface area contributed by atoms with Gasteiger partial charge in [0.1, 0.15) is 0 Å². The molecule has 0 radical (unpaired) electrons. The molecule has 0 aliphatic carbocycles. The van der Waals surface area contributed by atoms with Gasteiger partial charge in [-0.3, -0.25) is 0 Å². The summed E-state index contributed by atoms with van der Waals surface area (Å²) in [5, 5.41) is 12.0. The zero-order valence-corrected chi connectivity index (χ0v) is 11.5. The average molecular weight is 230 g/mol. The number of hydrogen-bond acceptors (Lipinski definition) is 2. The number of benzene rings is 1. The van der Waals surface area contributed by atoms with Crippen LogP contribution in [0.4, 0.5) is 0 Å². The Labute approximate surface area is 105 Å². The van der Waals surface area contributed by atoms with Crippen LogP contribution in [0.25, 0.3) is 0 Å². The first kappa shape index (κ1) is 13.7. The molecule has 0 aliphatic heterocycles. The van der Waals surface area contributed by atoms with Crippen molar-refractivity contribution in [1.29, 1.82) is 5.26 Å². The standard InChI is InChI=1S/C15H22N2/c1-11-6-7-14(12(2)8-11)15(4,5)10-17-13(3)9-16/h6-8,13,17H,10H2,1-5H3. The van der Waals surface area contributed by atoms with E-state index in [1.807, 2.05) is 6.92 Å². The molecule has 1 aromatic rings. The van der Waals surface area contributed by atoms with E-state index < -0.39 is 0 Å². The van der Waals surface area contributed by atoms with Gasteiger partial charge < -0.3 is 5.32 Å². The normalized spacial score (nSPS) is 13.2. The molecule has 1 rings (SSSR count). The smallest absolute Gasteiger partial charge is 0.0924 e. The Morgan fingerprint density at radius 3 is 2.53 bits per heavy atom. The minimum Gasteiger partial charge on any atom is -0.301 e. The highest BCUT2D eigenvalue weighted by Gasteiger charge is 2.22. The van der Waals surface area contributed by atoms with Gasteiger partial charge in [-0.05, 0) is 31.9 Å². The van der Waals surface area contributed by atoms with Gasteiger partial charge in [-0.2, -0.15) is 5.26 Å². The number of rotatable bonds is 4. The molecule has 0 bridgehead atoms. The summed E-state index contributed by atoms with van der Waals surface area (Å²) in [7, 11) is 0. The lowest BCUT2D eigenvalue weighted by Gasteiger charge is -2.28. The number of nitrogens with zero attached hydrogens (tertiary/aromatic N) is 1. The lowest BCUT2D eigenvalue weighted by Crippen LogP contribution is -2.37. The molecular formula is C15H22N2. The van der Waals surface area contributed by atoms with Crippen molar-refractivity contribution in [1.82, 2.24) is 5.32 Å². The van der Waals surface area contributed by atoms with E-state index in [-0.39, 0.29) is 11.5 Å². The molecule has 0 fully saturated rings. The fraction of sp³-hybridized carbons (Fsp3) is 0.533. The van der Waals surface area contributed by atoms with E-state index in [0.29, 0.717) is 0 Å². The van der Waals surface area contributed by atoms with E-state index >= 15 is 0 Å². The molecule has 2 nitrogen and oxygen atoms in total. The van der Waals surface area contributed by atoms with Crippen LogP contribution in [0, 0.1) is 25.2 Å². The Bertz CT molecular complexity index is 427. The van der Waals surface area contributed by atoms with Gasteiger partial charge in [0, 0.05) is 12.0 Å². The molecule has 0 amide bonds. The maximum Gasteiger partial charge on any atom is 0.0924 e. The van der Waals surface area contributed by atoms with E-state index in [0.717, 1.165) is 6.54 Å². The molecular weight excluding hydrogens is 208 g/mol. The lowest BCUT2D eigenvalue weighted by atomic mass is 9.81. The number of nitriles is 1. The Morgan fingerprint density at radius 2 is 2.00 bits per heavy atom. The van der Waals surface area contributed by atoms with Gasteiger partial charge in [-0.15, -0.1) is 0 Å². The quantitative estimate of drug-likeness (QED) is 0.862. The molecule has 0 aliphatic rings. The van der Waals surface area contributed by atoms with Crippen LogP contribution in [0.1, 0.15) is 37.5 Å². The first-order valence-electron chi connectivity index (χ1n) is 6.07. The summed E-state index contributed by atoms with van der Waals surface area (Å²) in [5.41, 5.74) is 4.01. The van der Waals surface area contributed by atoms with Crippen LogP contribution >= 0.6 is 0 Å². The fourth-order valence-electron chi connectivity index (χ4n) is 2.12. The number of hydrogen-bond donors (Lipinski definition) is 1. The highest BCUT2D eigenvalue weighted by molar-refractivity contribution is 5.35. The van der Waals surface area contributed by atoms with Crippen molar-refractivity contribution in [3.05, 3.63) is 34.9 Å². The van der Waals surface area contributed by atoms with Gasteiger partial charge in [0.05, 0.1) is 12.1 Å². The topological polar surface area (TPSA) is 35.8 Å². The fourth-order valence-corrected chi connectivity index (χ4v) is 2.12. The third-order valence-corrected chi connectivity index (χ3v) is 3.15. The van der Waals surface area contributed by atoms with Crippen molar-refractivity contribution < 1.29 is 0 Å². The van der Waals surface area contributed by atoms with E-state index in [1.165, 1.54) is 16.7 Å². The Morgan fingerprint density at radius 1 is 1.35 bits per heavy atom. The van der Waals surface area contributed by atoms with Crippen LogP contribution in [0.15, 0.2) is 18.2 Å². The van der Waals surface area contributed by atoms with Crippen LogP contribution in [-0.4, -0.2) is 12.6 Å². The third kappa shape index (κ3) is 3.57. The summed E-state index contributed by atoms with van der Waals surface area (Å²) < 4.78 is 0. The minimum atomic E-state index is -0.0972. The molecule has 92 valence electrons. The summed E-state index contributed by atoms with van der Waals surface area (Å²) in [6.45, 7) is 11.4. The minimum absolute atomic E-state index is 0.0445. The predicted molar refractivity (Wildman–Crippen MR) is 72.0 cm³/mol. The van der Waals surface area contributed by atoms with Crippen LogP contribution < -0.4 is 5.32 Å². The molecule has 2 heteroatoms. The van der Waals surface area contributed by atoms with Crippen molar-refractivity contribution in [3.63, 3.8) is 0 Å². The van der Waals surface area contributed by atoms with Crippen LogP contribution in [0.2, 0.25) is 0 Å². The van der Waals surface area contributed by atoms with Gasteiger partial charge in [-0.25, -0.2) is 0 Å². The maximum absolute atomic E-state index is 8.78. The van der Waals surface area contributed by atoms with Crippen molar-refractivity contribution in [2.75, 3.05) is 6.54 Å². The molecule has 0 saturated carbocycles. The van der Waals surface area contributed by atoms with Crippen LogP contribution in [-0.2, 0) is 5.41 Å². The predicted octanol–water partition coefficient (Wildman–Crippen LogP) is 3.08. The van der Waals surface area contributed by atoms with Gasteiger partial charge in [0.2, 0.25) is 0 Å². The largest absolute Gasteiger partial charge is 0.301 e. The highest BCUT2D eigenvalue weighted by Crippen LogP contribution is 2.26. The van der Waals surface area contributed by atoms with Crippen molar-refractivity contribution in [2.24, 2.45) is 0 Å². The van der Waals surface area contributed by atoms with Crippen molar-refractivity contribution in [3.8, 4) is 6.07 Å². The maximum atomic E-state index is 8.78. The molecule has 0 saturated heterocycles. The van der Waals surface area contributed by atoms with Gasteiger partial charge >= 0.3 is 0 Å². The summed E-state index contributed by atoms with van der Waals surface area (Å²) in [4.78, 5) is 0. The molecule has 0 spiro atoms. The average Bonchev–Trinajstić information content (AvgIpc) is 2.25. The summed E-state index contributed by atoms with van der Waals surface area (Å²) in [5.74, 6) is 0. The monoisotopic (exact) mass is 230 g/mol. The lowest BCUT2D eigenvalue weighted by molar-refractivity contribution is 0.455. The highest BCUT2D eigenvalue weighted by atomic mass is 14.9. The number of aryl methyl sites for hydroxylation is 2. The Balaban J connectivity index is 2.86. The summed E-state index contributed by atoms with van der Waals surface area (Å²) >= 11 is 0. The zero-order chi connectivity index (χ0) is 13.1. The molecule has 1 unspecified atom stereocenters. The second-order valence-corrected chi connectivity index (χ2v) is 5.43. The van der Waals surface area contributed by atoms with E-state index in [1.54, 1.807) is 0 Å². The van der Waals surface area contributed by atoms with Crippen LogP contribution in [0.3, 0.4) is 0 Å². The first-order chi connectivity index (χ1) is 7.86. The van der Waals surface area contributed by atoms with Gasteiger partial charge in [0.25, 0.3) is 0 Å². The van der Waals surface area contributed by atoms with E-state index in [9.17, 15) is 0 Å². The zero-order valence-electron chi connectivity index (χ0n) is 11.5. The molecule has 1 aromatic carbocycles. The molecule has 17 heavy (non-hydrogen) atoms. The second-order valence-electron chi connectivity index (χ2n) is 5.43.